The number of anilines is 1. The topological polar surface area (TPSA) is 84.9 Å². The number of nitrogens with zero attached hydrogens (tertiary/aromatic N) is 4. The summed E-state index contributed by atoms with van der Waals surface area (Å²) in [4.78, 5) is 36.4. The van der Waals surface area contributed by atoms with Gasteiger partial charge < -0.3 is 19.3 Å². The third-order valence-electron chi connectivity index (χ3n) is 3.67. The van der Waals surface area contributed by atoms with Crippen molar-refractivity contribution in [3.8, 4) is 0 Å². The molecule has 0 aliphatic carbocycles. The molecule has 8 nitrogen and oxygen atoms in total. The van der Waals surface area contributed by atoms with Gasteiger partial charge in [0.05, 0.1) is 7.11 Å². The average Bonchev–Trinajstić information content (AvgIpc) is 2.78. The van der Waals surface area contributed by atoms with E-state index in [-0.39, 0.29) is 11.8 Å². The van der Waals surface area contributed by atoms with Crippen LogP contribution in [-0.2, 0) is 9.47 Å². The van der Waals surface area contributed by atoms with Crippen molar-refractivity contribution in [2.75, 3.05) is 38.2 Å². The number of carbonyl (C=O) groups excluding carboxylic acids is 2. The summed E-state index contributed by atoms with van der Waals surface area (Å²) in [6.45, 7) is 9.76. The van der Waals surface area contributed by atoms with Gasteiger partial charge in [-0.1, -0.05) is 0 Å². The van der Waals surface area contributed by atoms with Crippen LogP contribution < -0.4 is 4.90 Å². The molecule has 8 heteroatoms. The SMILES string of the molecule is COC(=O)c1cc(C)nc(N2CCCN(C(=O)OC(C)(C)C)CC2)n1. The van der Waals surface area contributed by atoms with E-state index in [4.69, 9.17) is 9.47 Å². The number of carbonyl (C=O) groups is 2. The summed E-state index contributed by atoms with van der Waals surface area (Å²) in [7, 11) is 1.32. The number of rotatable bonds is 2. The fourth-order valence-electron chi connectivity index (χ4n) is 2.53. The van der Waals surface area contributed by atoms with Crippen LogP contribution in [0.3, 0.4) is 0 Å². The zero-order chi connectivity index (χ0) is 18.6. The number of amides is 1. The Labute approximate surface area is 148 Å². The zero-order valence-corrected chi connectivity index (χ0v) is 15.5. The molecule has 0 saturated carbocycles. The molecular formula is C17H26N4O4. The van der Waals surface area contributed by atoms with Gasteiger partial charge >= 0.3 is 12.1 Å². The Morgan fingerprint density at radius 3 is 2.48 bits per heavy atom. The second-order valence-corrected chi connectivity index (χ2v) is 6.99. The molecule has 1 aliphatic heterocycles. The van der Waals surface area contributed by atoms with Crippen LogP contribution in [0.5, 0.6) is 0 Å². The van der Waals surface area contributed by atoms with E-state index in [9.17, 15) is 9.59 Å². The van der Waals surface area contributed by atoms with Crippen molar-refractivity contribution in [1.82, 2.24) is 14.9 Å². The third kappa shape index (κ3) is 5.30. The van der Waals surface area contributed by atoms with E-state index in [0.717, 1.165) is 6.42 Å². The van der Waals surface area contributed by atoms with Crippen LogP contribution in [0.2, 0.25) is 0 Å². The van der Waals surface area contributed by atoms with Gasteiger partial charge in [-0.05, 0) is 40.2 Å². The third-order valence-corrected chi connectivity index (χ3v) is 3.67. The summed E-state index contributed by atoms with van der Waals surface area (Å²) in [5, 5.41) is 0. The molecule has 2 rings (SSSR count). The Balaban J connectivity index is 2.09. The van der Waals surface area contributed by atoms with Crippen LogP contribution in [0.25, 0.3) is 0 Å². The maximum absolute atomic E-state index is 12.2. The molecule has 0 N–H and O–H groups in total. The van der Waals surface area contributed by atoms with Crippen molar-refractivity contribution in [3.05, 3.63) is 17.5 Å². The highest BCUT2D eigenvalue weighted by molar-refractivity contribution is 5.87. The van der Waals surface area contributed by atoms with Gasteiger partial charge in [0.25, 0.3) is 0 Å². The lowest BCUT2D eigenvalue weighted by Crippen LogP contribution is -2.39. The normalized spacial score (nSPS) is 15.6. The maximum atomic E-state index is 12.2. The highest BCUT2D eigenvalue weighted by Gasteiger charge is 2.25. The largest absolute Gasteiger partial charge is 0.464 e. The number of aromatic nitrogens is 2. The minimum absolute atomic E-state index is 0.234. The highest BCUT2D eigenvalue weighted by Crippen LogP contribution is 2.16. The molecule has 1 saturated heterocycles. The van der Waals surface area contributed by atoms with Gasteiger partial charge in [0.15, 0.2) is 5.69 Å². The van der Waals surface area contributed by atoms with Crippen molar-refractivity contribution in [3.63, 3.8) is 0 Å². The zero-order valence-electron chi connectivity index (χ0n) is 15.5. The molecule has 0 radical (unpaired) electrons. The van der Waals surface area contributed by atoms with Crippen LogP contribution in [0.1, 0.15) is 43.4 Å². The fourth-order valence-corrected chi connectivity index (χ4v) is 2.53. The lowest BCUT2D eigenvalue weighted by molar-refractivity contribution is 0.0263. The van der Waals surface area contributed by atoms with Crippen molar-refractivity contribution in [2.24, 2.45) is 0 Å². The molecular weight excluding hydrogens is 324 g/mol. The Morgan fingerprint density at radius 1 is 1.12 bits per heavy atom. The Kier molecular flexibility index (Phi) is 5.81. The molecule has 25 heavy (non-hydrogen) atoms. The van der Waals surface area contributed by atoms with E-state index in [1.165, 1.54) is 7.11 Å². The summed E-state index contributed by atoms with van der Waals surface area (Å²) in [6, 6.07) is 1.60. The van der Waals surface area contributed by atoms with Crippen molar-refractivity contribution in [2.45, 2.75) is 39.7 Å². The summed E-state index contributed by atoms with van der Waals surface area (Å²) in [5.41, 5.74) is 0.412. The average molecular weight is 350 g/mol. The quantitative estimate of drug-likeness (QED) is 0.754. The molecule has 0 bridgehead atoms. The Morgan fingerprint density at radius 2 is 1.84 bits per heavy atom. The highest BCUT2D eigenvalue weighted by atomic mass is 16.6. The first-order valence-electron chi connectivity index (χ1n) is 8.36. The summed E-state index contributed by atoms with van der Waals surface area (Å²) in [5.74, 6) is -0.0107. The predicted molar refractivity (Wildman–Crippen MR) is 92.7 cm³/mol. The molecule has 0 aromatic carbocycles. The monoisotopic (exact) mass is 350 g/mol. The Bertz CT molecular complexity index is 642. The van der Waals surface area contributed by atoms with Gasteiger partial charge in [-0.2, -0.15) is 0 Å². The van der Waals surface area contributed by atoms with Gasteiger partial charge in [0.1, 0.15) is 5.60 Å². The first-order chi connectivity index (χ1) is 11.7. The molecule has 0 unspecified atom stereocenters. The number of hydrogen-bond acceptors (Lipinski definition) is 7. The van der Waals surface area contributed by atoms with Crippen LogP contribution in [0.4, 0.5) is 10.7 Å². The summed E-state index contributed by atoms with van der Waals surface area (Å²) in [6.07, 6.45) is 0.458. The van der Waals surface area contributed by atoms with Gasteiger partial charge in [-0.3, -0.25) is 0 Å². The fraction of sp³-hybridized carbons (Fsp3) is 0.647. The van der Waals surface area contributed by atoms with Crippen molar-refractivity contribution < 1.29 is 19.1 Å². The van der Waals surface area contributed by atoms with E-state index < -0.39 is 11.6 Å². The van der Waals surface area contributed by atoms with Gasteiger partial charge in [-0.25, -0.2) is 19.6 Å². The molecule has 138 valence electrons. The van der Waals surface area contributed by atoms with Crippen LogP contribution >= 0.6 is 0 Å². The number of hydrogen-bond donors (Lipinski definition) is 0. The van der Waals surface area contributed by atoms with Crippen LogP contribution in [0, 0.1) is 6.92 Å². The minimum atomic E-state index is -0.516. The molecule has 2 heterocycles. The maximum Gasteiger partial charge on any atom is 0.410 e. The predicted octanol–water partition coefficient (Wildman–Crippen LogP) is 2.02. The molecule has 1 aromatic rings. The second-order valence-electron chi connectivity index (χ2n) is 6.99. The summed E-state index contributed by atoms with van der Waals surface area (Å²) >= 11 is 0. The van der Waals surface area contributed by atoms with E-state index in [1.807, 2.05) is 32.6 Å². The first-order valence-corrected chi connectivity index (χ1v) is 8.36. The number of ether oxygens (including phenoxy) is 2. The van der Waals surface area contributed by atoms with Crippen LogP contribution in [0.15, 0.2) is 6.07 Å². The van der Waals surface area contributed by atoms with Gasteiger partial charge in [-0.15, -0.1) is 0 Å². The number of esters is 1. The molecule has 1 aromatic heterocycles. The smallest absolute Gasteiger partial charge is 0.410 e. The Hall–Kier alpha value is -2.38. The van der Waals surface area contributed by atoms with Gasteiger partial charge in [0, 0.05) is 31.9 Å². The van der Waals surface area contributed by atoms with Crippen molar-refractivity contribution in [1.29, 1.82) is 0 Å². The molecule has 1 aliphatic rings. The van der Waals surface area contributed by atoms with Crippen molar-refractivity contribution >= 4 is 18.0 Å². The lowest BCUT2D eigenvalue weighted by Gasteiger charge is -2.26. The second kappa shape index (κ2) is 7.67. The standard InChI is InChI=1S/C17H26N4O4/c1-12-11-13(14(22)24-5)19-15(18-12)20-7-6-8-21(10-9-20)16(23)25-17(2,3)4/h11H,6-10H2,1-5H3. The molecule has 0 atom stereocenters. The van der Waals surface area contributed by atoms with E-state index in [1.54, 1.807) is 11.0 Å². The lowest BCUT2D eigenvalue weighted by atomic mass is 10.2. The summed E-state index contributed by atoms with van der Waals surface area (Å²) < 4.78 is 10.2. The first kappa shape index (κ1) is 19.0. The van der Waals surface area contributed by atoms with E-state index >= 15 is 0 Å². The van der Waals surface area contributed by atoms with E-state index in [0.29, 0.717) is 37.8 Å². The number of aryl methyl sites for hydroxylation is 1. The molecule has 1 amide bonds. The number of methoxy groups -OCH3 is 1. The molecule has 1 fully saturated rings. The van der Waals surface area contributed by atoms with E-state index in [2.05, 4.69) is 9.97 Å². The van der Waals surface area contributed by atoms with Crippen LogP contribution in [-0.4, -0.2) is 65.8 Å². The minimum Gasteiger partial charge on any atom is -0.464 e. The molecule has 0 spiro atoms. The van der Waals surface area contributed by atoms with Gasteiger partial charge in [0.2, 0.25) is 5.95 Å².